The van der Waals surface area contributed by atoms with E-state index in [1.807, 2.05) is 18.2 Å². The van der Waals surface area contributed by atoms with Crippen LogP contribution in [0.4, 0.5) is 9.80 Å². The highest BCUT2D eigenvalue weighted by Gasteiger charge is 2.31. The Bertz CT molecular complexity index is 957. The third-order valence-electron chi connectivity index (χ3n) is 4.60. The minimum absolute atomic E-state index is 0.238. The van der Waals surface area contributed by atoms with E-state index in [4.69, 9.17) is 9.47 Å². The normalized spacial score (nSPS) is 12.8. The fourth-order valence-corrected chi connectivity index (χ4v) is 5.23. The molecule has 1 aliphatic rings. The first-order chi connectivity index (χ1) is 14.5. The Balaban J connectivity index is 1.91. The first-order valence-electron chi connectivity index (χ1n) is 9.67. The molecule has 0 radical (unpaired) electrons. The standard InChI is InChI=1S/C21H24N2O5S2/c1-4-28-20(25)17-15-9-10-23(21(26)27-3)12-16(15)30-19(17)22-18(24)13-7-6-8-14(11-13)29-5-2/h6-8,11H,4-5,9-10,12H2,1-3H3,(H,22,24). The molecule has 0 saturated heterocycles. The number of hydrogen-bond donors (Lipinski definition) is 1. The van der Waals surface area contributed by atoms with Crippen molar-refractivity contribution in [2.45, 2.75) is 31.7 Å². The molecule has 0 bridgehead atoms. The highest BCUT2D eigenvalue weighted by molar-refractivity contribution is 7.99. The minimum Gasteiger partial charge on any atom is -0.462 e. The molecular formula is C21H24N2O5S2. The van der Waals surface area contributed by atoms with Crippen LogP contribution in [-0.4, -0.2) is 48.9 Å². The summed E-state index contributed by atoms with van der Waals surface area (Å²) in [5.74, 6) is 0.154. The van der Waals surface area contributed by atoms with Gasteiger partial charge >= 0.3 is 12.1 Å². The van der Waals surface area contributed by atoms with Crippen molar-refractivity contribution in [3.8, 4) is 0 Å². The molecule has 1 N–H and O–H groups in total. The molecule has 0 atom stereocenters. The number of thiophene rings is 1. The van der Waals surface area contributed by atoms with E-state index in [2.05, 4.69) is 12.2 Å². The number of rotatable bonds is 6. The molecule has 3 rings (SSSR count). The Hall–Kier alpha value is -2.52. The number of carbonyl (C=O) groups excluding carboxylic acids is 3. The summed E-state index contributed by atoms with van der Waals surface area (Å²) in [6, 6.07) is 7.37. The highest BCUT2D eigenvalue weighted by Crippen LogP contribution is 2.38. The molecule has 0 saturated carbocycles. The van der Waals surface area contributed by atoms with Gasteiger partial charge in [-0.1, -0.05) is 13.0 Å². The molecule has 30 heavy (non-hydrogen) atoms. The van der Waals surface area contributed by atoms with Crippen molar-refractivity contribution in [1.29, 1.82) is 0 Å². The maximum atomic E-state index is 12.9. The van der Waals surface area contributed by atoms with E-state index in [1.54, 1.807) is 29.7 Å². The van der Waals surface area contributed by atoms with E-state index in [0.29, 0.717) is 35.6 Å². The number of carbonyl (C=O) groups is 3. The van der Waals surface area contributed by atoms with Crippen molar-refractivity contribution < 1.29 is 23.9 Å². The van der Waals surface area contributed by atoms with Crippen molar-refractivity contribution in [3.63, 3.8) is 0 Å². The number of ether oxygens (including phenoxy) is 2. The average Bonchev–Trinajstić information content (AvgIpc) is 3.10. The van der Waals surface area contributed by atoms with Crippen LogP contribution in [-0.2, 0) is 22.4 Å². The lowest BCUT2D eigenvalue weighted by Gasteiger charge is -2.25. The van der Waals surface area contributed by atoms with Gasteiger partial charge in [-0.2, -0.15) is 0 Å². The van der Waals surface area contributed by atoms with E-state index in [9.17, 15) is 14.4 Å². The van der Waals surface area contributed by atoms with Crippen LogP contribution in [0.3, 0.4) is 0 Å². The second-order valence-electron chi connectivity index (χ2n) is 6.48. The molecule has 2 heterocycles. The Morgan fingerprint density at radius 1 is 1.27 bits per heavy atom. The van der Waals surface area contributed by atoms with Gasteiger partial charge in [0.1, 0.15) is 5.00 Å². The predicted molar refractivity (Wildman–Crippen MR) is 118 cm³/mol. The van der Waals surface area contributed by atoms with Gasteiger partial charge in [-0.15, -0.1) is 23.1 Å². The molecular weight excluding hydrogens is 424 g/mol. The van der Waals surface area contributed by atoms with Crippen LogP contribution in [0.25, 0.3) is 0 Å². The number of hydrogen-bond acceptors (Lipinski definition) is 7. The summed E-state index contributed by atoms with van der Waals surface area (Å²) in [5, 5.41) is 3.33. The van der Waals surface area contributed by atoms with Crippen molar-refractivity contribution in [3.05, 3.63) is 45.8 Å². The van der Waals surface area contributed by atoms with E-state index < -0.39 is 12.1 Å². The highest BCUT2D eigenvalue weighted by atomic mass is 32.2. The fraction of sp³-hybridized carbons (Fsp3) is 0.381. The van der Waals surface area contributed by atoms with Gasteiger partial charge in [0, 0.05) is 21.9 Å². The number of thioether (sulfide) groups is 1. The molecule has 0 aliphatic carbocycles. The molecule has 2 aromatic rings. The zero-order valence-electron chi connectivity index (χ0n) is 17.1. The summed E-state index contributed by atoms with van der Waals surface area (Å²) in [6.07, 6.45) is 0.0793. The molecule has 7 nitrogen and oxygen atoms in total. The number of anilines is 1. The smallest absolute Gasteiger partial charge is 0.409 e. The van der Waals surface area contributed by atoms with Crippen LogP contribution in [0.2, 0.25) is 0 Å². The zero-order valence-corrected chi connectivity index (χ0v) is 18.8. The molecule has 0 spiro atoms. The molecule has 160 valence electrons. The Kier molecular flexibility index (Phi) is 7.38. The van der Waals surface area contributed by atoms with Crippen LogP contribution in [0.15, 0.2) is 29.2 Å². The second-order valence-corrected chi connectivity index (χ2v) is 8.93. The topological polar surface area (TPSA) is 84.9 Å². The number of nitrogens with one attached hydrogen (secondary N) is 1. The summed E-state index contributed by atoms with van der Waals surface area (Å²) >= 11 is 2.95. The van der Waals surface area contributed by atoms with Crippen LogP contribution >= 0.6 is 23.1 Å². The van der Waals surface area contributed by atoms with Gasteiger partial charge in [-0.3, -0.25) is 4.79 Å². The quantitative estimate of drug-likeness (QED) is 0.520. The molecule has 0 unspecified atom stereocenters. The fourth-order valence-electron chi connectivity index (χ4n) is 3.26. The lowest BCUT2D eigenvalue weighted by Crippen LogP contribution is -2.35. The van der Waals surface area contributed by atoms with Crippen LogP contribution < -0.4 is 5.32 Å². The first kappa shape index (κ1) is 22.2. The Morgan fingerprint density at radius 3 is 2.77 bits per heavy atom. The Morgan fingerprint density at radius 2 is 2.07 bits per heavy atom. The first-order valence-corrected chi connectivity index (χ1v) is 11.5. The van der Waals surface area contributed by atoms with Crippen molar-refractivity contribution in [2.75, 3.05) is 31.3 Å². The maximum Gasteiger partial charge on any atom is 0.409 e. The van der Waals surface area contributed by atoms with Gasteiger partial charge in [0.15, 0.2) is 0 Å². The summed E-state index contributed by atoms with van der Waals surface area (Å²) in [5.41, 5.74) is 1.73. The maximum absolute atomic E-state index is 12.9. The number of amides is 2. The van der Waals surface area contributed by atoms with E-state index >= 15 is 0 Å². The van der Waals surface area contributed by atoms with Gasteiger partial charge in [0.05, 0.1) is 25.8 Å². The average molecular weight is 449 g/mol. The van der Waals surface area contributed by atoms with Crippen LogP contribution in [0.5, 0.6) is 0 Å². The number of fused-ring (bicyclic) bond motifs is 1. The van der Waals surface area contributed by atoms with Gasteiger partial charge in [0.25, 0.3) is 5.91 Å². The van der Waals surface area contributed by atoms with Gasteiger partial charge in [-0.05, 0) is 42.9 Å². The molecule has 1 aromatic carbocycles. The number of benzene rings is 1. The van der Waals surface area contributed by atoms with Crippen molar-refractivity contribution >= 4 is 46.1 Å². The molecule has 1 aliphatic heterocycles. The summed E-state index contributed by atoms with van der Waals surface area (Å²) in [7, 11) is 1.34. The van der Waals surface area contributed by atoms with E-state index in [1.165, 1.54) is 18.4 Å². The third-order valence-corrected chi connectivity index (χ3v) is 6.61. The van der Waals surface area contributed by atoms with E-state index in [0.717, 1.165) is 21.1 Å². The van der Waals surface area contributed by atoms with E-state index in [-0.39, 0.29) is 12.5 Å². The molecule has 1 aromatic heterocycles. The van der Waals surface area contributed by atoms with Crippen molar-refractivity contribution in [2.24, 2.45) is 0 Å². The third kappa shape index (κ3) is 4.79. The monoisotopic (exact) mass is 448 g/mol. The minimum atomic E-state index is -0.466. The summed E-state index contributed by atoms with van der Waals surface area (Å²) < 4.78 is 10.0. The molecule has 2 amide bonds. The summed E-state index contributed by atoms with van der Waals surface area (Å²) in [6.45, 7) is 4.80. The lowest BCUT2D eigenvalue weighted by atomic mass is 10.0. The van der Waals surface area contributed by atoms with Crippen molar-refractivity contribution in [1.82, 2.24) is 4.90 Å². The predicted octanol–water partition coefficient (Wildman–Crippen LogP) is 4.41. The molecule has 9 heteroatoms. The number of esters is 1. The van der Waals surface area contributed by atoms with Gasteiger partial charge in [0.2, 0.25) is 0 Å². The number of methoxy groups -OCH3 is 1. The SMILES string of the molecule is CCOC(=O)c1c(NC(=O)c2cccc(SCC)c2)sc2c1CCN(C(=O)OC)C2. The lowest BCUT2D eigenvalue weighted by molar-refractivity contribution is 0.0526. The van der Waals surface area contributed by atoms with Gasteiger partial charge in [-0.25, -0.2) is 9.59 Å². The zero-order chi connectivity index (χ0) is 21.7. The van der Waals surface area contributed by atoms with Gasteiger partial charge < -0.3 is 19.7 Å². The number of nitrogens with zero attached hydrogens (tertiary/aromatic N) is 1. The Labute approximate surface area is 183 Å². The van der Waals surface area contributed by atoms with Crippen LogP contribution in [0.1, 0.15) is 45.0 Å². The molecule has 0 fully saturated rings. The summed E-state index contributed by atoms with van der Waals surface area (Å²) in [4.78, 5) is 40.9. The van der Waals surface area contributed by atoms with Crippen LogP contribution in [0, 0.1) is 0 Å². The second kappa shape index (κ2) is 9.99. The largest absolute Gasteiger partial charge is 0.462 e.